The van der Waals surface area contributed by atoms with Gasteiger partial charge in [-0.05, 0) is 56.2 Å². The largest absolute Gasteiger partial charge is 0.490 e. The predicted octanol–water partition coefficient (Wildman–Crippen LogP) is 3.89. The molecular weight excluding hydrogens is 380 g/mol. The van der Waals surface area contributed by atoms with Crippen molar-refractivity contribution in [3.63, 3.8) is 0 Å². The number of hydrogen-bond donors (Lipinski definition) is 1. The molecule has 160 valence electrons. The highest BCUT2D eigenvalue weighted by atomic mass is 16.5. The lowest BCUT2D eigenvalue weighted by atomic mass is 9.92. The third kappa shape index (κ3) is 5.27. The van der Waals surface area contributed by atoms with Gasteiger partial charge in [0, 0.05) is 36.5 Å². The van der Waals surface area contributed by atoms with Gasteiger partial charge in [-0.3, -0.25) is 0 Å². The number of nitrogens with zero attached hydrogens (tertiary/aromatic N) is 3. The van der Waals surface area contributed by atoms with Gasteiger partial charge in [-0.1, -0.05) is 6.07 Å². The fourth-order valence-corrected chi connectivity index (χ4v) is 3.74. The first-order chi connectivity index (χ1) is 14.6. The summed E-state index contributed by atoms with van der Waals surface area (Å²) >= 11 is 0. The number of rotatable bonds is 8. The summed E-state index contributed by atoms with van der Waals surface area (Å²) in [5, 5.41) is 0. The summed E-state index contributed by atoms with van der Waals surface area (Å²) in [6, 6.07) is 6.18. The molecule has 2 N–H and O–H groups in total. The molecule has 1 aromatic carbocycles. The van der Waals surface area contributed by atoms with Crippen molar-refractivity contribution in [2.24, 2.45) is 16.6 Å². The molecule has 1 aromatic heterocycles. The Morgan fingerprint density at radius 1 is 1.27 bits per heavy atom. The van der Waals surface area contributed by atoms with Crippen molar-refractivity contribution in [1.82, 2.24) is 9.97 Å². The quantitative estimate of drug-likeness (QED) is 0.524. The van der Waals surface area contributed by atoms with Gasteiger partial charge in [0.15, 0.2) is 0 Å². The Morgan fingerprint density at radius 3 is 2.80 bits per heavy atom. The summed E-state index contributed by atoms with van der Waals surface area (Å²) in [6.07, 6.45) is 10.7. The van der Waals surface area contributed by atoms with Crippen LogP contribution in [0.15, 0.2) is 41.9 Å². The van der Waals surface area contributed by atoms with E-state index in [0.717, 1.165) is 54.2 Å². The van der Waals surface area contributed by atoms with Crippen LogP contribution in [0.1, 0.15) is 50.6 Å². The molecule has 1 saturated carbocycles. The molecule has 7 heteroatoms. The van der Waals surface area contributed by atoms with Crippen molar-refractivity contribution in [1.29, 1.82) is 0 Å². The van der Waals surface area contributed by atoms with Crippen LogP contribution in [0.3, 0.4) is 0 Å². The first kappa shape index (κ1) is 20.6. The number of aromatic nitrogens is 2. The second-order valence-electron chi connectivity index (χ2n) is 8.21. The molecule has 0 radical (unpaired) electrons. The number of methoxy groups -OCH3 is 1. The smallest absolute Gasteiger partial charge is 0.282 e. The lowest BCUT2D eigenvalue weighted by Gasteiger charge is -2.31. The molecule has 1 unspecified atom stereocenters. The highest BCUT2D eigenvalue weighted by molar-refractivity contribution is 5.72. The Kier molecular flexibility index (Phi) is 6.47. The predicted molar refractivity (Wildman–Crippen MR) is 115 cm³/mol. The van der Waals surface area contributed by atoms with Crippen LogP contribution in [0.5, 0.6) is 5.75 Å². The van der Waals surface area contributed by atoms with Gasteiger partial charge >= 0.3 is 0 Å². The first-order valence-corrected chi connectivity index (χ1v) is 10.7. The lowest BCUT2D eigenvalue weighted by molar-refractivity contribution is 0.0397. The van der Waals surface area contributed by atoms with E-state index >= 15 is 0 Å². The van der Waals surface area contributed by atoms with Crippen LogP contribution in [-0.4, -0.2) is 41.9 Å². The van der Waals surface area contributed by atoms with Crippen LogP contribution in [0.2, 0.25) is 0 Å². The maximum absolute atomic E-state index is 6.32. The SMILES string of the molecule is COC(N)=N[C@@H]1C[C@H](CCC(C)OCC2CC2)Oc2ccc(-c3cncnc3)cc21. The fraction of sp³-hybridized carbons (Fsp3) is 0.522. The zero-order valence-electron chi connectivity index (χ0n) is 17.7. The second-order valence-corrected chi connectivity index (χ2v) is 8.21. The Bertz CT molecular complexity index is 870. The minimum absolute atomic E-state index is 0.0637. The molecule has 0 spiro atoms. The van der Waals surface area contributed by atoms with E-state index in [0.29, 0.717) is 0 Å². The van der Waals surface area contributed by atoms with Gasteiger partial charge in [-0.25, -0.2) is 15.0 Å². The van der Waals surface area contributed by atoms with E-state index < -0.39 is 0 Å². The minimum atomic E-state index is -0.119. The standard InChI is InChI=1S/C23H30N4O3/c1-15(29-13-16-4-5-16)3-7-19-10-21(27-23(24)28-2)20-9-17(6-8-22(20)30-19)18-11-25-14-26-12-18/h6,8-9,11-12,14-16,19,21H,3-5,7,10,13H2,1-2H3,(H2,24,27)/t15?,19-,21+/m0/s1. The summed E-state index contributed by atoms with van der Waals surface area (Å²) in [7, 11) is 1.53. The third-order valence-corrected chi connectivity index (χ3v) is 5.74. The van der Waals surface area contributed by atoms with Crippen molar-refractivity contribution >= 4 is 6.02 Å². The second kappa shape index (κ2) is 9.43. The first-order valence-electron chi connectivity index (χ1n) is 10.7. The monoisotopic (exact) mass is 410 g/mol. The third-order valence-electron chi connectivity index (χ3n) is 5.74. The van der Waals surface area contributed by atoms with Crippen LogP contribution in [-0.2, 0) is 9.47 Å². The number of ether oxygens (including phenoxy) is 3. The Hall–Kier alpha value is -2.67. The molecule has 1 fully saturated rings. The average Bonchev–Trinajstić information content (AvgIpc) is 3.61. The van der Waals surface area contributed by atoms with Gasteiger partial charge < -0.3 is 19.9 Å². The van der Waals surface area contributed by atoms with Crippen LogP contribution < -0.4 is 10.5 Å². The molecule has 3 atom stereocenters. The van der Waals surface area contributed by atoms with Crippen LogP contribution in [0.25, 0.3) is 11.1 Å². The molecule has 7 nitrogen and oxygen atoms in total. The maximum Gasteiger partial charge on any atom is 0.282 e. The number of fused-ring (bicyclic) bond motifs is 1. The summed E-state index contributed by atoms with van der Waals surface area (Å²) < 4.78 is 17.4. The molecule has 30 heavy (non-hydrogen) atoms. The van der Waals surface area contributed by atoms with Crippen LogP contribution in [0.4, 0.5) is 0 Å². The molecule has 2 aromatic rings. The van der Waals surface area contributed by atoms with E-state index in [1.165, 1.54) is 26.3 Å². The molecule has 1 aliphatic carbocycles. The summed E-state index contributed by atoms with van der Waals surface area (Å²) in [5.74, 6) is 1.63. The van der Waals surface area contributed by atoms with Gasteiger partial charge in [0.05, 0.1) is 19.3 Å². The van der Waals surface area contributed by atoms with Gasteiger partial charge in [-0.2, -0.15) is 0 Å². The molecule has 0 bridgehead atoms. The Labute approximate surface area is 177 Å². The van der Waals surface area contributed by atoms with Gasteiger partial charge in [0.25, 0.3) is 6.02 Å². The van der Waals surface area contributed by atoms with Crippen LogP contribution >= 0.6 is 0 Å². The van der Waals surface area contributed by atoms with Gasteiger partial charge in [0.1, 0.15) is 18.2 Å². The molecule has 2 heterocycles. The zero-order valence-corrected chi connectivity index (χ0v) is 17.7. The average molecular weight is 411 g/mol. The van der Waals surface area contributed by atoms with E-state index in [2.05, 4.69) is 28.0 Å². The molecular formula is C23H30N4O3. The topological polar surface area (TPSA) is 91.9 Å². The fourth-order valence-electron chi connectivity index (χ4n) is 3.74. The number of benzene rings is 1. The number of nitrogens with two attached hydrogens (primary N) is 1. The highest BCUT2D eigenvalue weighted by Crippen LogP contribution is 2.40. The Morgan fingerprint density at radius 2 is 2.07 bits per heavy atom. The number of hydrogen-bond acceptors (Lipinski definition) is 6. The van der Waals surface area contributed by atoms with Crippen molar-refractivity contribution in [2.75, 3.05) is 13.7 Å². The molecule has 1 aliphatic heterocycles. The summed E-state index contributed by atoms with van der Waals surface area (Å²) in [4.78, 5) is 12.8. The number of amidine groups is 1. The number of aliphatic imine (C=N–C) groups is 1. The van der Waals surface area contributed by atoms with E-state index in [1.54, 1.807) is 12.4 Å². The maximum atomic E-state index is 6.32. The zero-order chi connectivity index (χ0) is 20.9. The van der Waals surface area contributed by atoms with E-state index in [-0.39, 0.29) is 24.3 Å². The molecule has 2 aliphatic rings. The molecule has 0 saturated heterocycles. The van der Waals surface area contributed by atoms with Crippen LogP contribution in [0, 0.1) is 5.92 Å². The van der Waals surface area contributed by atoms with Crippen molar-refractivity contribution in [3.8, 4) is 16.9 Å². The Balaban J connectivity index is 1.49. The van der Waals surface area contributed by atoms with Gasteiger partial charge in [0.2, 0.25) is 0 Å². The normalized spacial score (nSPS) is 22.1. The summed E-state index contributed by atoms with van der Waals surface area (Å²) in [6.45, 7) is 3.03. The van der Waals surface area contributed by atoms with Crippen molar-refractivity contribution < 1.29 is 14.2 Å². The van der Waals surface area contributed by atoms with Crippen molar-refractivity contribution in [3.05, 3.63) is 42.5 Å². The highest BCUT2D eigenvalue weighted by Gasteiger charge is 2.29. The molecule has 4 rings (SSSR count). The van der Waals surface area contributed by atoms with Gasteiger partial charge in [-0.15, -0.1) is 0 Å². The van der Waals surface area contributed by atoms with Crippen molar-refractivity contribution in [2.45, 2.75) is 57.3 Å². The van der Waals surface area contributed by atoms with E-state index in [1.807, 2.05) is 12.1 Å². The summed E-state index contributed by atoms with van der Waals surface area (Å²) in [5.41, 5.74) is 8.88. The van der Waals surface area contributed by atoms with E-state index in [4.69, 9.17) is 19.9 Å². The lowest BCUT2D eigenvalue weighted by Crippen LogP contribution is -2.28. The minimum Gasteiger partial charge on any atom is -0.490 e. The van der Waals surface area contributed by atoms with E-state index in [9.17, 15) is 0 Å². The molecule has 0 amide bonds.